The van der Waals surface area contributed by atoms with Crippen molar-refractivity contribution in [3.8, 4) is 11.3 Å². The average Bonchev–Trinajstić information content (AvgIpc) is 2.87. The first kappa shape index (κ1) is 34.9. The topological polar surface area (TPSA) is 45.6 Å². The number of aromatic nitrogens is 1. The smallest absolute Gasteiger partial charge is 0.126 e. The van der Waals surface area contributed by atoms with Crippen LogP contribution < -0.4 is 0 Å². The summed E-state index contributed by atoms with van der Waals surface area (Å²) in [6, 6.07) is 12.5. The van der Waals surface area contributed by atoms with Gasteiger partial charge in [-0.25, -0.2) is 0 Å². The molecule has 1 aromatic heterocycles. The van der Waals surface area contributed by atoms with Crippen LogP contribution in [0.1, 0.15) is 78.1 Å². The molecule has 0 aliphatic carbocycles. The van der Waals surface area contributed by atoms with E-state index < -0.39 is 0 Å². The van der Waals surface area contributed by atoms with Gasteiger partial charge in [0.1, 0.15) is 5.78 Å². The maximum Gasteiger partial charge on any atom is 0.126 e. The first-order valence-corrected chi connectivity index (χ1v) is 12.8. The van der Waals surface area contributed by atoms with Gasteiger partial charge in [-0.05, 0) is 63.1 Å². The molecule has 0 bridgehead atoms. The first-order chi connectivity index (χ1) is 17.1. The normalized spacial score (nSPS) is 10.8. The van der Waals surface area contributed by atoms with Gasteiger partial charge in [0.05, 0.1) is 11.4 Å². The summed E-state index contributed by atoms with van der Waals surface area (Å²) >= 11 is 0. The zero-order valence-electron chi connectivity index (χ0n) is 24.6. The van der Waals surface area contributed by atoms with Crippen LogP contribution in [-0.2, 0) is 4.79 Å². The Morgan fingerprint density at radius 2 is 1.67 bits per heavy atom. The van der Waals surface area contributed by atoms with Crippen LogP contribution in [0.5, 0.6) is 0 Å². The SMILES string of the molecule is C=C/C(=C\N(C)C)c1cccc(-c2ccc(C(/C=C\C)=NC)c(C)n2)c1.CC.CC(C)=O.CCCC. The molecular formula is C32H49N3O. The van der Waals surface area contributed by atoms with Crippen molar-refractivity contribution in [2.75, 3.05) is 21.1 Å². The van der Waals surface area contributed by atoms with E-state index in [1.54, 1.807) is 7.05 Å². The van der Waals surface area contributed by atoms with Gasteiger partial charge in [-0.2, -0.15) is 0 Å². The zero-order chi connectivity index (χ0) is 28.1. The Morgan fingerprint density at radius 1 is 1.08 bits per heavy atom. The van der Waals surface area contributed by atoms with E-state index >= 15 is 0 Å². The zero-order valence-corrected chi connectivity index (χ0v) is 24.6. The van der Waals surface area contributed by atoms with E-state index in [1.807, 2.05) is 64.9 Å². The minimum absolute atomic E-state index is 0.167. The van der Waals surface area contributed by atoms with Gasteiger partial charge in [0.2, 0.25) is 0 Å². The lowest BCUT2D eigenvalue weighted by molar-refractivity contribution is -0.114. The lowest BCUT2D eigenvalue weighted by atomic mass is 10.0. The van der Waals surface area contributed by atoms with Crippen molar-refractivity contribution in [3.63, 3.8) is 0 Å². The van der Waals surface area contributed by atoms with Crippen molar-refractivity contribution in [2.45, 2.75) is 68.2 Å². The average molecular weight is 492 g/mol. The molecule has 36 heavy (non-hydrogen) atoms. The van der Waals surface area contributed by atoms with E-state index in [1.165, 1.54) is 26.7 Å². The fraction of sp³-hybridized carbons (Fsp3) is 0.406. The number of aryl methyl sites for hydroxylation is 1. The third kappa shape index (κ3) is 14.2. The molecule has 0 unspecified atom stereocenters. The van der Waals surface area contributed by atoms with E-state index in [9.17, 15) is 4.79 Å². The van der Waals surface area contributed by atoms with E-state index in [0.29, 0.717) is 0 Å². The van der Waals surface area contributed by atoms with Crippen LogP contribution in [-0.4, -0.2) is 42.5 Å². The highest BCUT2D eigenvalue weighted by Crippen LogP contribution is 2.24. The van der Waals surface area contributed by atoms with Crippen LogP contribution >= 0.6 is 0 Å². The Kier molecular flexibility index (Phi) is 20.4. The van der Waals surface area contributed by atoms with Gasteiger partial charge in [-0.15, -0.1) is 0 Å². The number of rotatable bonds is 7. The number of Topliss-reactive ketones (excluding diaryl/α,β-unsaturated/α-hetero) is 1. The molecule has 1 aromatic carbocycles. The molecule has 4 nitrogen and oxygen atoms in total. The van der Waals surface area contributed by atoms with Crippen molar-refractivity contribution >= 4 is 17.1 Å². The number of allylic oxidation sites excluding steroid dienone is 4. The number of nitrogens with zero attached hydrogens (tertiary/aromatic N) is 3. The summed E-state index contributed by atoms with van der Waals surface area (Å²) in [5.41, 5.74) is 7.23. The van der Waals surface area contributed by atoms with Crippen LogP contribution in [0.4, 0.5) is 0 Å². The monoisotopic (exact) mass is 491 g/mol. The third-order valence-corrected chi connectivity index (χ3v) is 4.54. The summed E-state index contributed by atoms with van der Waals surface area (Å²) in [5.74, 6) is 0.167. The molecule has 0 aliphatic heterocycles. The fourth-order valence-corrected chi connectivity index (χ4v) is 2.82. The fourth-order valence-electron chi connectivity index (χ4n) is 2.82. The highest BCUT2D eigenvalue weighted by molar-refractivity contribution is 6.09. The van der Waals surface area contributed by atoms with Crippen molar-refractivity contribution in [1.29, 1.82) is 0 Å². The minimum atomic E-state index is 0.167. The van der Waals surface area contributed by atoms with Gasteiger partial charge in [-0.1, -0.05) is 77.5 Å². The van der Waals surface area contributed by atoms with Crippen LogP contribution in [0.15, 0.2) is 72.4 Å². The molecule has 2 aromatic rings. The molecule has 198 valence electrons. The number of ketones is 1. The van der Waals surface area contributed by atoms with Crippen molar-refractivity contribution < 1.29 is 4.79 Å². The number of carbonyl (C=O) groups excluding carboxylic acids is 1. The van der Waals surface area contributed by atoms with Crippen molar-refractivity contribution in [2.24, 2.45) is 4.99 Å². The van der Waals surface area contributed by atoms with Crippen LogP contribution in [0, 0.1) is 6.92 Å². The molecule has 0 amide bonds. The predicted molar refractivity (Wildman–Crippen MR) is 162 cm³/mol. The Labute approximate surface area is 221 Å². The van der Waals surface area contributed by atoms with Crippen molar-refractivity contribution in [1.82, 2.24) is 9.88 Å². The van der Waals surface area contributed by atoms with E-state index in [4.69, 9.17) is 4.98 Å². The molecule has 1 heterocycles. The Morgan fingerprint density at radius 3 is 2.08 bits per heavy atom. The quantitative estimate of drug-likeness (QED) is 0.288. The molecular weight excluding hydrogens is 442 g/mol. The molecule has 0 saturated carbocycles. The summed E-state index contributed by atoms with van der Waals surface area (Å²) in [5, 5.41) is 0. The second kappa shape index (κ2) is 21.0. The first-order valence-electron chi connectivity index (χ1n) is 12.8. The summed E-state index contributed by atoms with van der Waals surface area (Å²) in [4.78, 5) is 20.6. The summed E-state index contributed by atoms with van der Waals surface area (Å²) in [6.07, 6.45) is 10.6. The number of carbonyl (C=O) groups is 1. The van der Waals surface area contributed by atoms with Crippen LogP contribution in [0.3, 0.4) is 0 Å². The molecule has 4 heteroatoms. The highest BCUT2D eigenvalue weighted by atomic mass is 16.1. The third-order valence-electron chi connectivity index (χ3n) is 4.54. The summed E-state index contributed by atoms with van der Waals surface area (Å²) in [7, 11) is 5.82. The van der Waals surface area contributed by atoms with E-state index in [2.05, 4.69) is 68.0 Å². The number of unbranched alkanes of at least 4 members (excludes halogenated alkanes) is 1. The number of hydrogen-bond donors (Lipinski definition) is 0. The molecule has 0 fully saturated rings. The van der Waals surface area contributed by atoms with Crippen LogP contribution in [0.2, 0.25) is 0 Å². The van der Waals surface area contributed by atoms with Gasteiger partial charge >= 0.3 is 0 Å². The molecule has 0 N–H and O–H groups in total. The van der Waals surface area contributed by atoms with Gasteiger partial charge < -0.3 is 9.69 Å². The van der Waals surface area contributed by atoms with Gasteiger partial charge in [-0.3, -0.25) is 9.98 Å². The lowest BCUT2D eigenvalue weighted by Crippen LogP contribution is -2.03. The van der Waals surface area contributed by atoms with Crippen LogP contribution in [0.25, 0.3) is 16.8 Å². The summed E-state index contributed by atoms with van der Waals surface area (Å²) < 4.78 is 0. The second-order valence-electron chi connectivity index (χ2n) is 8.18. The lowest BCUT2D eigenvalue weighted by Gasteiger charge is -2.11. The summed E-state index contributed by atoms with van der Waals surface area (Å²) in [6.45, 7) is 19.4. The van der Waals surface area contributed by atoms with Crippen molar-refractivity contribution in [3.05, 3.63) is 84.2 Å². The molecule has 2 rings (SSSR count). The molecule has 0 spiro atoms. The van der Waals surface area contributed by atoms with Gasteiger partial charge in [0.15, 0.2) is 0 Å². The number of pyridine rings is 1. The maximum absolute atomic E-state index is 9.44. The highest BCUT2D eigenvalue weighted by Gasteiger charge is 2.08. The van der Waals surface area contributed by atoms with E-state index in [-0.39, 0.29) is 5.78 Å². The minimum Gasteiger partial charge on any atom is -0.383 e. The maximum atomic E-state index is 9.44. The van der Waals surface area contributed by atoms with E-state index in [0.717, 1.165) is 39.4 Å². The number of aliphatic imine (C=N–C) groups is 1. The Balaban J connectivity index is 0. The molecule has 0 aliphatic rings. The Hall–Kier alpha value is -3.27. The predicted octanol–water partition coefficient (Wildman–Crippen LogP) is 8.57. The molecule has 0 radical (unpaired) electrons. The molecule has 0 saturated heterocycles. The standard InChI is InChI=1S/C23H27N3.C4H10.C3H6O.C2H6/c1-7-10-23(24-4)21-13-14-22(25-17(21)3)20-12-9-11-19(15-20)18(8-2)16-26(5)6;1-3-4-2;1-3(2)4;1-2/h7-16H,2H2,1,3-6H3;3-4H2,1-2H3;1-2H3;1-2H3/b10-7-,18-16+,24-23?;;;. The largest absolute Gasteiger partial charge is 0.383 e. The molecule has 0 atom stereocenters. The number of benzene rings is 1. The van der Waals surface area contributed by atoms with Gasteiger partial charge in [0.25, 0.3) is 0 Å². The van der Waals surface area contributed by atoms with Gasteiger partial charge in [0, 0.05) is 44.2 Å². The number of hydrogen-bond acceptors (Lipinski definition) is 4. The Bertz CT molecular complexity index is 992. The second-order valence-corrected chi connectivity index (χ2v) is 8.18.